The predicted octanol–water partition coefficient (Wildman–Crippen LogP) is 5.21. The van der Waals surface area contributed by atoms with Crippen LogP contribution in [0.2, 0.25) is 0 Å². The highest BCUT2D eigenvalue weighted by molar-refractivity contribution is 5.85. The third kappa shape index (κ3) is 3.05. The van der Waals surface area contributed by atoms with Crippen molar-refractivity contribution in [3.8, 4) is 16.9 Å². The molecule has 4 aromatic rings. The average molecular weight is 343 g/mol. The van der Waals surface area contributed by atoms with Gasteiger partial charge in [0, 0.05) is 23.5 Å². The van der Waals surface area contributed by atoms with Crippen LogP contribution in [0.4, 0.5) is 11.4 Å². The van der Waals surface area contributed by atoms with E-state index in [2.05, 4.69) is 5.32 Å². The van der Waals surface area contributed by atoms with Gasteiger partial charge in [-0.3, -0.25) is 4.79 Å². The Bertz CT molecular complexity index is 1120. The van der Waals surface area contributed by atoms with Crippen molar-refractivity contribution >= 4 is 22.3 Å². The zero-order valence-corrected chi connectivity index (χ0v) is 14.2. The predicted molar refractivity (Wildman–Crippen MR) is 104 cm³/mol. The van der Waals surface area contributed by atoms with E-state index >= 15 is 0 Å². The fourth-order valence-electron chi connectivity index (χ4n) is 2.89. The normalized spacial score (nSPS) is 10.7. The lowest BCUT2D eigenvalue weighted by Gasteiger charge is -2.09. The topological polar surface area (TPSA) is 51.5 Å². The molecule has 0 aliphatic rings. The van der Waals surface area contributed by atoms with E-state index in [0.717, 1.165) is 22.7 Å². The summed E-state index contributed by atoms with van der Waals surface area (Å²) in [5, 5.41) is 3.85. The molecule has 0 radical (unpaired) electrons. The van der Waals surface area contributed by atoms with Crippen LogP contribution in [0.5, 0.6) is 5.75 Å². The summed E-state index contributed by atoms with van der Waals surface area (Å²) in [7, 11) is 1.63. The standard InChI is InChI=1S/C22H17NO3/c1-25-18-9-5-8-16(12-18)23-17-10-11-19-21(13-17)26-14-20(22(19)24)15-6-3-2-4-7-15/h2-14,23H,1H3. The average Bonchev–Trinajstić information content (AvgIpc) is 2.69. The monoisotopic (exact) mass is 343 g/mol. The molecular weight excluding hydrogens is 326 g/mol. The van der Waals surface area contributed by atoms with Gasteiger partial charge in [0.25, 0.3) is 0 Å². The molecule has 26 heavy (non-hydrogen) atoms. The van der Waals surface area contributed by atoms with Crippen LogP contribution in [-0.2, 0) is 0 Å². The first-order chi connectivity index (χ1) is 12.7. The van der Waals surface area contributed by atoms with E-state index in [1.54, 1.807) is 13.2 Å². The number of hydrogen-bond donors (Lipinski definition) is 1. The van der Waals surface area contributed by atoms with E-state index < -0.39 is 0 Å². The summed E-state index contributed by atoms with van der Waals surface area (Å²) in [6.07, 6.45) is 1.52. The number of fused-ring (bicyclic) bond motifs is 1. The maximum absolute atomic E-state index is 12.8. The van der Waals surface area contributed by atoms with E-state index in [0.29, 0.717) is 16.5 Å². The van der Waals surface area contributed by atoms with E-state index in [1.165, 1.54) is 6.26 Å². The van der Waals surface area contributed by atoms with Gasteiger partial charge in [-0.25, -0.2) is 0 Å². The fraction of sp³-hybridized carbons (Fsp3) is 0.0455. The van der Waals surface area contributed by atoms with Crippen molar-refractivity contribution in [2.45, 2.75) is 0 Å². The number of methoxy groups -OCH3 is 1. The van der Waals surface area contributed by atoms with Gasteiger partial charge >= 0.3 is 0 Å². The second kappa shape index (κ2) is 6.76. The lowest BCUT2D eigenvalue weighted by atomic mass is 10.1. The van der Waals surface area contributed by atoms with Crippen LogP contribution in [0.3, 0.4) is 0 Å². The molecule has 4 nitrogen and oxygen atoms in total. The van der Waals surface area contributed by atoms with Crippen molar-refractivity contribution in [3.63, 3.8) is 0 Å². The Balaban J connectivity index is 1.71. The summed E-state index contributed by atoms with van der Waals surface area (Å²) in [4.78, 5) is 12.8. The molecule has 3 aromatic carbocycles. The van der Waals surface area contributed by atoms with Gasteiger partial charge in [0.2, 0.25) is 0 Å². The summed E-state index contributed by atoms with van der Waals surface area (Å²) >= 11 is 0. The molecule has 1 N–H and O–H groups in total. The second-order valence-electron chi connectivity index (χ2n) is 5.91. The van der Waals surface area contributed by atoms with Crippen molar-refractivity contribution in [3.05, 3.63) is 89.3 Å². The van der Waals surface area contributed by atoms with Gasteiger partial charge in [-0.2, -0.15) is 0 Å². The molecule has 0 bridgehead atoms. The van der Waals surface area contributed by atoms with Gasteiger partial charge in [-0.1, -0.05) is 36.4 Å². The summed E-state index contributed by atoms with van der Waals surface area (Å²) in [5.41, 5.74) is 3.65. The zero-order valence-electron chi connectivity index (χ0n) is 14.2. The highest BCUT2D eigenvalue weighted by atomic mass is 16.5. The Morgan fingerprint density at radius 3 is 2.50 bits per heavy atom. The Morgan fingerprint density at radius 1 is 0.885 bits per heavy atom. The van der Waals surface area contributed by atoms with Gasteiger partial charge < -0.3 is 14.5 Å². The Labute approximate surface area is 150 Å². The van der Waals surface area contributed by atoms with Crippen molar-refractivity contribution in [2.75, 3.05) is 12.4 Å². The highest BCUT2D eigenvalue weighted by Gasteiger charge is 2.09. The Morgan fingerprint density at radius 2 is 1.69 bits per heavy atom. The van der Waals surface area contributed by atoms with Gasteiger partial charge in [0.15, 0.2) is 5.43 Å². The molecule has 0 atom stereocenters. The Kier molecular flexibility index (Phi) is 4.15. The molecule has 0 aliphatic heterocycles. The maximum Gasteiger partial charge on any atom is 0.200 e. The van der Waals surface area contributed by atoms with Gasteiger partial charge in [-0.05, 0) is 29.8 Å². The first kappa shape index (κ1) is 16.0. The molecule has 128 valence electrons. The van der Waals surface area contributed by atoms with E-state index in [-0.39, 0.29) is 5.43 Å². The van der Waals surface area contributed by atoms with Crippen LogP contribution in [-0.4, -0.2) is 7.11 Å². The van der Waals surface area contributed by atoms with Crippen molar-refractivity contribution < 1.29 is 9.15 Å². The van der Waals surface area contributed by atoms with Crippen LogP contribution < -0.4 is 15.5 Å². The highest BCUT2D eigenvalue weighted by Crippen LogP contribution is 2.25. The number of ether oxygens (including phenoxy) is 1. The molecule has 0 fully saturated rings. The summed E-state index contributed by atoms with van der Waals surface area (Å²) < 4.78 is 11.0. The minimum absolute atomic E-state index is 0.0367. The number of nitrogens with one attached hydrogen (secondary N) is 1. The number of anilines is 2. The van der Waals surface area contributed by atoms with Gasteiger partial charge in [-0.15, -0.1) is 0 Å². The largest absolute Gasteiger partial charge is 0.497 e. The van der Waals surface area contributed by atoms with Crippen LogP contribution in [0, 0.1) is 0 Å². The van der Waals surface area contributed by atoms with E-state index in [4.69, 9.17) is 9.15 Å². The zero-order chi connectivity index (χ0) is 17.9. The molecule has 1 aromatic heterocycles. The Hall–Kier alpha value is -3.53. The van der Waals surface area contributed by atoms with Crippen LogP contribution >= 0.6 is 0 Å². The summed E-state index contributed by atoms with van der Waals surface area (Å²) in [6.45, 7) is 0. The second-order valence-corrected chi connectivity index (χ2v) is 5.91. The SMILES string of the molecule is COc1cccc(Nc2ccc3c(=O)c(-c4ccccc4)coc3c2)c1. The molecule has 0 saturated heterocycles. The van der Waals surface area contributed by atoms with Crippen LogP contribution in [0.1, 0.15) is 0 Å². The maximum atomic E-state index is 12.8. The van der Waals surface area contributed by atoms with Crippen molar-refractivity contribution in [1.29, 1.82) is 0 Å². The first-order valence-electron chi connectivity index (χ1n) is 8.27. The quantitative estimate of drug-likeness (QED) is 0.552. The third-order valence-electron chi connectivity index (χ3n) is 4.22. The molecule has 0 amide bonds. The third-order valence-corrected chi connectivity index (χ3v) is 4.22. The van der Waals surface area contributed by atoms with Crippen LogP contribution in [0.25, 0.3) is 22.1 Å². The van der Waals surface area contributed by atoms with Crippen molar-refractivity contribution in [2.24, 2.45) is 0 Å². The van der Waals surface area contributed by atoms with E-state index in [9.17, 15) is 4.79 Å². The number of hydrogen-bond acceptors (Lipinski definition) is 4. The summed E-state index contributed by atoms with van der Waals surface area (Å²) in [6, 6.07) is 22.6. The lowest BCUT2D eigenvalue weighted by Crippen LogP contribution is -2.04. The minimum Gasteiger partial charge on any atom is -0.497 e. The number of rotatable bonds is 4. The molecule has 4 rings (SSSR count). The fourth-order valence-corrected chi connectivity index (χ4v) is 2.89. The molecule has 0 spiro atoms. The molecule has 1 heterocycles. The molecule has 0 aliphatic carbocycles. The lowest BCUT2D eigenvalue weighted by molar-refractivity contribution is 0.415. The molecule has 0 unspecified atom stereocenters. The number of benzene rings is 3. The van der Waals surface area contributed by atoms with Gasteiger partial charge in [0.1, 0.15) is 17.6 Å². The molecule has 0 saturated carbocycles. The van der Waals surface area contributed by atoms with Crippen molar-refractivity contribution in [1.82, 2.24) is 0 Å². The molecular formula is C22H17NO3. The molecule has 4 heteroatoms. The minimum atomic E-state index is -0.0367. The van der Waals surface area contributed by atoms with E-state index in [1.807, 2.05) is 66.7 Å². The smallest absolute Gasteiger partial charge is 0.200 e. The first-order valence-corrected chi connectivity index (χ1v) is 8.27. The summed E-state index contributed by atoms with van der Waals surface area (Å²) in [5.74, 6) is 0.773. The van der Waals surface area contributed by atoms with Crippen LogP contribution in [0.15, 0.2) is 88.3 Å². The van der Waals surface area contributed by atoms with Gasteiger partial charge in [0.05, 0.1) is 18.1 Å².